The zero-order chi connectivity index (χ0) is 13.1. The Bertz CT molecular complexity index is 540. The van der Waals surface area contributed by atoms with Gasteiger partial charge in [-0.05, 0) is 25.1 Å². The first-order chi connectivity index (χ1) is 8.65. The van der Waals surface area contributed by atoms with E-state index >= 15 is 0 Å². The van der Waals surface area contributed by atoms with Crippen LogP contribution in [0, 0.1) is 12.7 Å². The lowest BCUT2D eigenvalue weighted by atomic mass is 10.0. The van der Waals surface area contributed by atoms with Crippen LogP contribution >= 0.6 is 0 Å². The fraction of sp³-hybridized carbons (Fsp3) is 0.231. The van der Waals surface area contributed by atoms with Crippen molar-refractivity contribution in [2.75, 3.05) is 7.11 Å². The van der Waals surface area contributed by atoms with Crippen molar-refractivity contribution in [3.8, 4) is 5.75 Å². The van der Waals surface area contributed by atoms with E-state index in [9.17, 15) is 4.39 Å². The molecule has 0 aliphatic heterocycles. The first kappa shape index (κ1) is 12.6. The van der Waals surface area contributed by atoms with E-state index < -0.39 is 11.9 Å². The maximum atomic E-state index is 13.9. The second-order valence-electron chi connectivity index (χ2n) is 3.94. The van der Waals surface area contributed by atoms with Gasteiger partial charge in [0.15, 0.2) is 0 Å². The first-order valence-corrected chi connectivity index (χ1v) is 5.51. The van der Waals surface area contributed by atoms with Gasteiger partial charge in [0.25, 0.3) is 0 Å². The average Bonchev–Trinajstić information content (AvgIpc) is 2.78. The van der Waals surface area contributed by atoms with Gasteiger partial charge in [0, 0.05) is 11.6 Å². The number of hydrazine groups is 1. The summed E-state index contributed by atoms with van der Waals surface area (Å²) in [6, 6.07) is 7.67. The van der Waals surface area contributed by atoms with E-state index in [0.29, 0.717) is 17.1 Å². The van der Waals surface area contributed by atoms with Crippen LogP contribution < -0.4 is 16.0 Å². The van der Waals surface area contributed by atoms with Crippen molar-refractivity contribution in [1.29, 1.82) is 0 Å². The zero-order valence-electron chi connectivity index (χ0n) is 10.2. The number of aryl methyl sites for hydroxylation is 1. The second-order valence-corrected chi connectivity index (χ2v) is 3.94. The van der Waals surface area contributed by atoms with E-state index in [-0.39, 0.29) is 0 Å². The molecule has 0 saturated carbocycles. The summed E-state index contributed by atoms with van der Waals surface area (Å²) in [5.41, 5.74) is 2.96. The molecule has 0 amide bonds. The highest BCUT2D eigenvalue weighted by molar-refractivity contribution is 5.34. The fourth-order valence-corrected chi connectivity index (χ4v) is 1.80. The molecule has 1 aromatic carbocycles. The van der Waals surface area contributed by atoms with E-state index in [2.05, 4.69) is 5.43 Å². The van der Waals surface area contributed by atoms with Crippen molar-refractivity contribution >= 4 is 0 Å². The molecule has 4 nitrogen and oxygen atoms in total. The molecule has 1 aromatic heterocycles. The predicted molar refractivity (Wildman–Crippen MR) is 65.6 cm³/mol. The van der Waals surface area contributed by atoms with Crippen molar-refractivity contribution in [3.63, 3.8) is 0 Å². The molecule has 0 bridgehead atoms. The van der Waals surface area contributed by atoms with Crippen LogP contribution in [-0.2, 0) is 0 Å². The number of ether oxygens (including phenoxy) is 1. The number of halogens is 1. The van der Waals surface area contributed by atoms with E-state index in [0.717, 1.165) is 5.76 Å². The van der Waals surface area contributed by atoms with Gasteiger partial charge >= 0.3 is 0 Å². The van der Waals surface area contributed by atoms with Crippen LogP contribution in [0.1, 0.15) is 23.1 Å². The van der Waals surface area contributed by atoms with E-state index in [1.54, 1.807) is 24.3 Å². The van der Waals surface area contributed by atoms with Gasteiger partial charge in [-0.1, -0.05) is 6.07 Å². The molecule has 1 unspecified atom stereocenters. The largest absolute Gasteiger partial charge is 0.497 e. The quantitative estimate of drug-likeness (QED) is 0.645. The SMILES string of the molecule is COc1ccc(C(NN)c2ccc(C)o2)c(F)c1. The summed E-state index contributed by atoms with van der Waals surface area (Å²) < 4.78 is 24.4. The third-order valence-corrected chi connectivity index (χ3v) is 2.73. The Morgan fingerprint density at radius 3 is 2.61 bits per heavy atom. The highest BCUT2D eigenvalue weighted by atomic mass is 19.1. The van der Waals surface area contributed by atoms with Gasteiger partial charge < -0.3 is 9.15 Å². The molecule has 5 heteroatoms. The average molecular weight is 250 g/mol. The number of rotatable bonds is 4. The van der Waals surface area contributed by atoms with Gasteiger partial charge in [-0.3, -0.25) is 5.84 Å². The molecule has 2 aromatic rings. The minimum atomic E-state index is -0.524. The molecule has 18 heavy (non-hydrogen) atoms. The highest BCUT2D eigenvalue weighted by Crippen LogP contribution is 2.27. The summed E-state index contributed by atoms with van der Waals surface area (Å²) >= 11 is 0. The van der Waals surface area contributed by atoms with Gasteiger partial charge in [0.05, 0.1) is 7.11 Å². The van der Waals surface area contributed by atoms with Crippen LogP contribution in [0.5, 0.6) is 5.75 Å². The van der Waals surface area contributed by atoms with Crippen LogP contribution in [0.2, 0.25) is 0 Å². The molecular weight excluding hydrogens is 235 g/mol. The minimum Gasteiger partial charge on any atom is -0.497 e. The third-order valence-electron chi connectivity index (χ3n) is 2.73. The van der Waals surface area contributed by atoms with Gasteiger partial charge in [-0.2, -0.15) is 0 Å². The molecule has 3 N–H and O–H groups in total. The molecule has 0 fully saturated rings. The second kappa shape index (κ2) is 5.20. The lowest BCUT2D eigenvalue weighted by molar-refractivity contribution is 0.405. The molecule has 1 heterocycles. The molecule has 0 aliphatic carbocycles. The Morgan fingerprint density at radius 1 is 1.33 bits per heavy atom. The number of nitrogens with one attached hydrogen (secondary N) is 1. The summed E-state index contributed by atoms with van der Waals surface area (Å²) in [7, 11) is 1.49. The van der Waals surface area contributed by atoms with Crippen LogP contribution in [0.3, 0.4) is 0 Å². The monoisotopic (exact) mass is 250 g/mol. The summed E-state index contributed by atoms with van der Waals surface area (Å²) in [6.45, 7) is 1.82. The lowest BCUT2D eigenvalue weighted by Gasteiger charge is -2.15. The fourth-order valence-electron chi connectivity index (χ4n) is 1.80. The number of hydrogen-bond donors (Lipinski definition) is 2. The molecule has 0 aliphatic rings. The van der Waals surface area contributed by atoms with Crippen molar-refractivity contribution in [3.05, 3.63) is 53.2 Å². The molecule has 96 valence electrons. The maximum Gasteiger partial charge on any atom is 0.132 e. The van der Waals surface area contributed by atoms with Crippen LogP contribution in [0.25, 0.3) is 0 Å². The summed E-state index contributed by atoms with van der Waals surface area (Å²) in [5, 5.41) is 0. The number of nitrogens with two attached hydrogens (primary N) is 1. The summed E-state index contributed by atoms with van der Waals surface area (Å²) in [5.74, 6) is 6.86. The Morgan fingerprint density at radius 2 is 2.11 bits per heavy atom. The van der Waals surface area contributed by atoms with Gasteiger partial charge in [-0.25, -0.2) is 9.82 Å². The Balaban J connectivity index is 2.39. The number of benzene rings is 1. The van der Waals surface area contributed by atoms with E-state index in [1.807, 2.05) is 6.92 Å². The van der Waals surface area contributed by atoms with Crippen molar-refractivity contribution < 1.29 is 13.5 Å². The van der Waals surface area contributed by atoms with Gasteiger partial charge in [0.2, 0.25) is 0 Å². The Labute approximate surface area is 105 Å². The standard InChI is InChI=1S/C13H15FN2O2/c1-8-3-6-12(18-8)13(16-15)10-5-4-9(17-2)7-11(10)14/h3-7,13,16H,15H2,1-2H3. The van der Waals surface area contributed by atoms with Crippen LogP contribution in [0.15, 0.2) is 34.7 Å². The van der Waals surface area contributed by atoms with E-state index in [4.69, 9.17) is 15.0 Å². The first-order valence-electron chi connectivity index (χ1n) is 5.51. The number of hydrogen-bond acceptors (Lipinski definition) is 4. The molecule has 0 spiro atoms. The molecule has 0 radical (unpaired) electrons. The Kier molecular flexibility index (Phi) is 3.64. The zero-order valence-corrected chi connectivity index (χ0v) is 10.2. The Hall–Kier alpha value is -1.85. The summed E-state index contributed by atoms with van der Waals surface area (Å²) in [6.07, 6.45) is 0. The van der Waals surface area contributed by atoms with Crippen molar-refractivity contribution in [2.45, 2.75) is 13.0 Å². The van der Waals surface area contributed by atoms with Crippen LogP contribution in [0.4, 0.5) is 4.39 Å². The van der Waals surface area contributed by atoms with Crippen LogP contribution in [-0.4, -0.2) is 7.11 Å². The highest BCUT2D eigenvalue weighted by Gasteiger charge is 2.20. The molecular formula is C13H15FN2O2. The van der Waals surface area contributed by atoms with Crippen molar-refractivity contribution in [1.82, 2.24) is 5.43 Å². The topological polar surface area (TPSA) is 60.4 Å². The molecule has 1 atom stereocenters. The normalized spacial score (nSPS) is 12.4. The van der Waals surface area contributed by atoms with Crippen molar-refractivity contribution in [2.24, 2.45) is 5.84 Å². The van der Waals surface area contributed by atoms with Gasteiger partial charge in [-0.15, -0.1) is 0 Å². The van der Waals surface area contributed by atoms with Gasteiger partial charge in [0.1, 0.15) is 29.1 Å². The minimum absolute atomic E-state index is 0.397. The maximum absolute atomic E-state index is 13.9. The summed E-state index contributed by atoms with van der Waals surface area (Å²) in [4.78, 5) is 0. The van der Waals surface area contributed by atoms with E-state index in [1.165, 1.54) is 13.2 Å². The molecule has 0 saturated heterocycles. The lowest BCUT2D eigenvalue weighted by Crippen LogP contribution is -2.29. The smallest absolute Gasteiger partial charge is 0.132 e. The third kappa shape index (κ3) is 2.37. The molecule has 2 rings (SSSR count). The number of furan rings is 1. The predicted octanol–water partition coefficient (Wildman–Crippen LogP) is 2.29. The number of methoxy groups -OCH3 is 1.